The SMILES string of the molecule is C/C(=N\NC(N)=O)C(=S)Nc1ccccc1. The fourth-order valence-electron chi connectivity index (χ4n) is 0.933. The highest BCUT2D eigenvalue weighted by atomic mass is 32.1. The summed E-state index contributed by atoms with van der Waals surface area (Å²) in [5.41, 5.74) is 8.33. The molecule has 0 aliphatic rings. The average molecular weight is 236 g/mol. The Labute approximate surface area is 98.7 Å². The van der Waals surface area contributed by atoms with Gasteiger partial charge in [-0.25, -0.2) is 10.2 Å². The average Bonchev–Trinajstić information content (AvgIpc) is 2.27. The van der Waals surface area contributed by atoms with E-state index in [9.17, 15) is 4.79 Å². The minimum Gasteiger partial charge on any atom is -0.350 e. The molecule has 4 N–H and O–H groups in total. The molecule has 84 valence electrons. The molecule has 0 unspecified atom stereocenters. The van der Waals surface area contributed by atoms with Crippen molar-refractivity contribution in [2.45, 2.75) is 6.92 Å². The van der Waals surface area contributed by atoms with E-state index in [0.717, 1.165) is 5.69 Å². The summed E-state index contributed by atoms with van der Waals surface area (Å²) in [4.78, 5) is 10.9. The molecule has 1 aromatic rings. The second-order valence-electron chi connectivity index (χ2n) is 2.99. The summed E-state index contributed by atoms with van der Waals surface area (Å²) in [5, 5.41) is 6.68. The first-order chi connectivity index (χ1) is 7.59. The second kappa shape index (κ2) is 5.82. The van der Waals surface area contributed by atoms with Crippen molar-refractivity contribution in [1.29, 1.82) is 0 Å². The predicted octanol–water partition coefficient (Wildman–Crippen LogP) is 1.47. The van der Waals surface area contributed by atoms with Crippen LogP contribution < -0.4 is 16.5 Å². The van der Waals surface area contributed by atoms with E-state index in [2.05, 4.69) is 15.8 Å². The number of rotatable bonds is 3. The van der Waals surface area contributed by atoms with Crippen LogP contribution in [0.5, 0.6) is 0 Å². The van der Waals surface area contributed by atoms with Gasteiger partial charge < -0.3 is 11.1 Å². The topological polar surface area (TPSA) is 79.5 Å². The zero-order valence-electron chi connectivity index (χ0n) is 8.73. The summed E-state index contributed by atoms with van der Waals surface area (Å²) in [5.74, 6) is 0. The molecule has 0 aliphatic heterocycles. The third kappa shape index (κ3) is 4.05. The number of primary amides is 1. The Balaban J connectivity index is 2.59. The van der Waals surface area contributed by atoms with E-state index in [0.29, 0.717) is 10.7 Å². The van der Waals surface area contributed by atoms with Gasteiger partial charge in [-0.15, -0.1) is 0 Å². The minimum absolute atomic E-state index is 0.431. The number of carbonyl (C=O) groups excluding carboxylic acids is 1. The molecule has 1 aromatic carbocycles. The summed E-state index contributed by atoms with van der Waals surface area (Å²) in [6.07, 6.45) is 0. The zero-order valence-corrected chi connectivity index (χ0v) is 9.54. The maximum Gasteiger partial charge on any atom is 0.332 e. The molecule has 0 bridgehead atoms. The lowest BCUT2D eigenvalue weighted by molar-refractivity contribution is 0.249. The normalized spacial score (nSPS) is 10.7. The van der Waals surface area contributed by atoms with Gasteiger partial charge in [0.15, 0.2) is 0 Å². The van der Waals surface area contributed by atoms with Gasteiger partial charge in [0.1, 0.15) is 4.99 Å². The van der Waals surface area contributed by atoms with Crippen molar-refractivity contribution in [1.82, 2.24) is 5.43 Å². The van der Waals surface area contributed by atoms with Crippen LogP contribution in [-0.4, -0.2) is 16.7 Å². The molecule has 0 saturated heterocycles. The number of nitrogens with two attached hydrogens (primary N) is 1. The third-order valence-electron chi connectivity index (χ3n) is 1.69. The van der Waals surface area contributed by atoms with Gasteiger partial charge >= 0.3 is 6.03 Å². The highest BCUT2D eigenvalue weighted by Crippen LogP contribution is 2.05. The highest BCUT2D eigenvalue weighted by Gasteiger charge is 2.01. The van der Waals surface area contributed by atoms with E-state index in [4.69, 9.17) is 18.0 Å². The van der Waals surface area contributed by atoms with E-state index in [1.807, 2.05) is 30.3 Å². The molecule has 16 heavy (non-hydrogen) atoms. The monoisotopic (exact) mass is 236 g/mol. The first-order valence-corrected chi connectivity index (χ1v) is 4.96. The smallest absolute Gasteiger partial charge is 0.332 e. The Kier molecular flexibility index (Phi) is 4.41. The lowest BCUT2D eigenvalue weighted by Gasteiger charge is -2.06. The number of hydrazone groups is 1. The van der Waals surface area contributed by atoms with Crippen LogP contribution in [-0.2, 0) is 0 Å². The van der Waals surface area contributed by atoms with Crippen molar-refractivity contribution < 1.29 is 4.79 Å². The molecule has 0 heterocycles. The zero-order chi connectivity index (χ0) is 12.0. The lowest BCUT2D eigenvalue weighted by atomic mass is 10.3. The van der Waals surface area contributed by atoms with Crippen molar-refractivity contribution in [3.05, 3.63) is 30.3 Å². The van der Waals surface area contributed by atoms with Crippen LogP contribution in [0, 0.1) is 0 Å². The standard InChI is InChI=1S/C10H12N4OS/c1-7(13-14-10(11)15)9(16)12-8-5-3-2-4-6-8/h2-6H,1H3,(H,12,16)(H3,11,14,15)/b13-7+. The van der Waals surface area contributed by atoms with Crippen molar-refractivity contribution in [3.63, 3.8) is 0 Å². The van der Waals surface area contributed by atoms with Crippen LogP contribution in [0.25, 0.3) is 0 Å². The van der Waals surface area contributed by atoms with Crippen LogP contribution in [0.4, 0.5) is 10.5 Å². The summed E-state index contributed by atoms with van der Waals surface area (Å²) < 4.78 is 0. The highest BCUT2D eigenvalue weighted by molar-refractivity contribution is 7.82. The van der Waals surface area contributed by atoms with E-state index < -0.39 is 6.03 Å². The van der Waals surface area contributed by atoms with Crippen molar-refractivity contribution in [2.75, 3.05) is 5.32 Å². The molecule has 0 spiro atoms. The molecule has 0 fully saturated rings. The Morgan fingerprint density at radius 1 is 1.38 bits per heavy atom. The quantitative estimate of drug-likeness (QED) is 0.422. The molecule has 0 aromatic heterocycles. The summed E-state index contributed by atoms with van der Waals surface area (Å²) in [6, 6.07) is 8.71. The Bertz CT molecular complexity index is 416. The number of carbonyl (C=O) groups is 1. The molecule has 2 amide bonds. The van der Waals surface area contributed by atoms with Crippen LogP contribution in [0.3, 0.4) is 0 Å². The van der Waals surface area contributed by atoms with E-state index in [-0.39, 0.29) is 0 Å². The maximum atomic E-state index is 10.4. The van der Waals surface area contributed by atoms with Gasteiger partial charge in [0.25, 0.3) is 0 Å². The fraction of sp³-hybridized carbons (Fsp3) is 0.100. The Morgan fingerprint density at radius 3 is 2.56 bits per heavy atom. The number of anilines is 1. The van der Waals surface area contributed by atoms with Crippen LogP contribution in [0.15, 0.2) is 35.4 Å². The summed E-state index contributed by atoms with van der Waals surface area (Å²) >= 11 is 5.08. The van der Waals surface area contributed by atoms with Gasteiger partial charge in [-0.2, -0.15) is 5.10 Å². The van der Waals surface area contributed by atoms with Crippen molar-refractivity contribution >= 4 is 34.6 Å². The minimum atomic E-state index is -0.720. The van der Waals surface area contributed by atoms with Gasteiger partial charge in [0.05, 0.1) is 5.71 Å². The third-order valence-corrected chi connectivity index (χ3v) is 2.09. The van der Waals surface area contributed by atoms with E-state index >= 15 is 0 Å². The van der Waals surface area contributed by atoms with Gasteiger partial charge in [0.2, 0.25) is 0 Å². The first kappa shape index (κ1) is 12.1. The van der Waals surface area contributed by atoms with E-state index in [1.54, 1.807) is 6.92 Å². The van der Waals surface area contributed by atoms with Gasteiger partial charge in [-0.3, -0.25) is 0 Å². The molecular formula is C10H12N4OS. The summed E-state index contributed by atoms with van der Waals surface area (Å²) in [6.45, 7) is 1.67. The number of nitrogens with zero attached hydrogens (tertiary/aromatic N) is 1. The number of hydrogen-bond acceptors (Lipinski definition) is 3. The summed E-state index contributed by atoms with van der Waals surface area (Å²) in [7, 11) is 0. The van der Waals surface area contributed by atoms with Gasteiger partial charge in [-0.05, 0) is 19.1 Å². The number of benzene rings is 1. The maximum absolute atomic E-state index is 10.4. The van der Waals surface area contributed by atoms with Crippen LogP contribution >= 0.6 is 12.2 Å². The molecule has 0 atom stereocenters. The number of amides is 2. The molecule has 0 saturated carbocycles. The molecule has 0 radical (unpaired) electrons. The number of para-hydroxylation sites is 1. The second-order valence-corrected chi connectivity index (χ2v) is 3.40. The Morgan fingerprint density at radius 2 is 2.00 bits per heavy atom. The van der Waals surface area contributed by atoms with Gasteiger partial charge in [0, 0.05) is 5.69 Å². The molecule has 6 heteroatoms. The lowest BCUT2D eigenvalue weighted by Crippen LogP contribution is -2.28. The van der Waals surface area contributed by atoms with Gasteiger partial charge in [-0.1, -0.05) is 30.4 Å². The number of urea groups is 1. The molecule has 5 nitrogen and oxygen atoms in total. The number of nitrogens with one attached hydrogen (secondary N) is 2. The Hall–Kier alpha value is -1.95. The van der Waals surface area contributed by atoms with Crippen LogP contribution in [0.1, 0.15) is 6.92 Å². The number of hydrogen-bond donors (Lipinski definition) is 3. The fourth-order valence-corrected chi connectivity index (χ4v) is 1.10. The largest absolute Gasteiger partial charge is 0.350 e. The van der Waals surface area contributed by atoms with E-state index in [1.165, 1.54) is 0 Å². The predicted molar refractivity (Wildman–Crippen MR) is 68.5 cm³/mol. The molecular weight excluding hydrogens is 224 g/mol. The molecule has 0 aliphatic carbocycles. The van der Waals surface area contributed by atoms with Crippen molar-refractivity contribution in [3.8, 4) is 0 Å². The number of thiocarbonyl (C=S) groups is 1. The van der Waals surface area contributed by atoms with Crippen molar-refractivity contribution in [2.24, 2.45) is 10.8 Å². The molecule has 1 rings (SSSR count). The van der Waals surface area contributed by atoms with Crippen LogP contribution in [0.2, 0.25) is 0 Å². The first-order valence-electron chi connectivity index (χ1n) is 4.55.